The highest BCUT2D eigenvalue weighted by molar-refractivity contribution is 7.12. The van der Waals surface area contributed by atoms with Crippen molar-refractivity contribution in [3.8, 4) is 12.1 Å². The molecule has 0 spiro atoms. The van der Waals surface area contributed by atoms with Crippen molar-refractivity contribution in [2.75, 3.05) is 5.32 Å². The molecular weight excluding hydrogens is 266 g/mol. The van der Waals surface area contributed by atoms with Gasteiger partial charge in [-0.2, -0.15) is 10.5 Å². The first-order valence-electron chi connectivity index (χ1n) is 5.15. The lowest BCUT2D eigenvalue weighted by Gasteiger charge is -2.07. The molecule has 18 heavy (non-hydrogen) atoms. The highest BCUT2D eigenvalue weighted by atomic mass is 35.5. The van der Waals surface area contributed by atoms with Gasteiger partial charge >= 0.3 is 0 Å². The van der Waals surface area contributed by atoms with Gasteiger partial charge in [0.1, 0.15) is 10.9 Å². The summed E-state index contributed by atoms with van der Waals surface area (Å²) < 4.78 is 0. The van der Waals surface area contributed by atoms with E-state index < -0.39 is 0 Å². The van der Waals surface area contributed by atoms with E-state index in [0.29, 0.717) is 22.0 Å². The molecule has 0 aliphatic heterocycles. The third-order valence-electron chi connectivity index (χ3n) is 2.32. The smallest absolute Gasteiger partial charge is 0.110 e. The molecule has 0 unspecified atom stereocenters. The second-order valence-corrected chi connectivity index (χ2v) is 5.11. The molecule has 5 heteroatoms. The number of nitriles is 2. The predicted octanol–water partition coefficient (Wildman–Crippen LogP) is 3.76. The van der Waals surface area contributed by atoms with Crippen LogP contribution >= 0.6 is 22.9 Å². The lowest BCUT2D eigenvalue weighted by Crippen LogP contribution is -1.98. The number of benzene rings is 1. The molecule has 0 fully saturated rings. The summed E-state index contributed by atoms with van der Waals surface area (Å²) in [6, 6.07) is 12.9. The fourth-order valence-corrected chi connectivity index (χ4v) is 2.37. The summed E-state index contributed by atoms with van der Waals surface area (Å²) in [4.78, 5) is 1.73. The van der Waals surface area contributed by atoms with Gasteiger partial charge in [-0.25, -0.2) is 0 Å². The minimum absolute atomic E-state index is 0.561. The van der Waals surface area contributed by atoms with Crippen molar-refractivity contribution in [2.24, 2.45) is 0 Å². The number of hydrogen-bond donors (Lipinski definition) is 1. The maximum Gasteiger partial charge on any atom is 0.110 e. The highest BCUT2D eigenvalue weighted by Crippen LogP contribution is 2.24. The Morgan fingerprint density at radius 2 is 2.00 bits per heavy atom. The average Bonchev–Trinajstić information content (AvgIpc) is 2.86. The van der Waals surface area contributed by atoms with Crippen LogP contribution in [0.5, 0.6) is 0 Å². The van der Waals surface area contributed by atoms with Gasteiger partial charge in [0.2, 0.25) is 0 Å². The summed E-state index contributed by atoms with van der Waals surface area (Å²) in [7, 11) is 0. The normalized spacial score (nSPS) is 9.50. The Morgan fingerprint density at radius 1 is 1.17 bits per heavy atom. The monoisotopic (exact) mass is 273 g/mol. The highest BCUT2D eigenvalue weighted by Gasteiger charge is 2.03. The standard InChI is InChI=1S/C13H8ClN3S/c14-12-4-1-9(6-15)5-13(12)17-8-11-3-2-10(7-16)18-11/h1-5,17H,8H2. The fourth-order valence-electron chi connectivity index (χ4n) is 1.45. The van der Waals surface area contributed by atoms with Gasteiger partial charge in [-0.05, 0) is 30.3 Å². The minimum atomic E-state index is 0.561. The fraction of sp³-hybridized carbons (Fsp3) is 0.0769. The number of rotatable bonds is 3. The summed E-state index contributed by atoms with van der Waals surface area (Å²) in [6.07, 6.45) is 0. The topological polar surface area (TPSA) is 59.6 Å². The van der Waals surface area contributed by atoms with E-state index in [2.05, 4.69) is 17.5 Å². The van der Waals surface area contributed by atoms with Gasteiger partial charge in [0, 0.05) is 11.4 Å². The zero-order valence-electron chi connectivity index (χ0n) is 9.27. The van der Waals surface area contributed by atoms with Crippen molar-refractivity contribution in [1.82, 2.24) is 0 Å². The lowest BCUT2D eigenvalue weighted by atomic mass is 10.2. The number of thiophene rings is 1. The van der Waals surface area contributed by atoms with Gasteiger partial charge < -0.3 is 5.32 Å². The molecule has 0 saturated carbocycles. The average molecular weight is 274 g/mol. The third kappa shape index (κ3) is 2.81. The molecule has 3 nitrogen and oxygen atoms in total. The Morgan fingerprint density at radius 3 is 2.67 bits per heavy atom. The second-order valence-electron chi connectivity index (χ2n) is 3.54. The summed E-state index contributed by atoms with van der Waals surface area (Å²) in [5, 5.41) is 21.3. The largest absolute Gasteiger partial charge is 0.379 e. The van der Waals surface area contributed by atoms with Crippen LogP contribution in [-0.4, -0.2) is 0 Å². The van der Waals surface area contributed by atoms with Gasteiger partial charge in [-0.3, -0.25) is 0 Å². The van der Waals surface area contributed by atoms with Crippen molar-refractivity contribution in [1.29, 1.82) is 10.5 Å². The summed E-state index contributed by atoms with van der Waals surface area (Å²) >= 11 is 7.47. The van der Waals surface area contributed by atoms with Crippen LogP contribution in [0.2, 0.25) is 5.02 Å². The van der Waals surface area contributed by atoms with Crippen molar-refractivity contribution < 1.29 is 0 Å². The number of nitrogens with one attached hydrogen (secondary N) is 1. The van der Waals surface area contributed by atoms with Gasteiger partial charge in [-0.1, -0.05) is 11.6 Å². The minimum Gasteiger partial charge on any atom is -0.379 e. The zero-order chi connectivity index (χ0) is 13.0. The quantitative estimate of drug-likeness (QED) is 0.926. The molecular formula is C13H8ClN3S. The van der Waals surface area contributed by atoms with Crippen molar-refractivity contribution in [3.05, 3.63) is 50.7 Å². The third-order valence-corrected chi connectivity index (χ3v) is 3.64. The first kappa shape index (κ1) is 12.4. The SMILES string of the molecule is N#Cc1ccc(Cl)c(NCc2ccc(C#N)s2)c1. The van der Waals surface area contributed by atoms with Crippen LogP contribution in [-0.2, 0) is 6.54 Å². The van der Waals surface area contributed by atoms with E-state index in [1.54, 1.807) is 24.3 Å². The van der Waals surface area contributed by atoms with E-state index in [1.165, 1.54) is 11.3 Å². The molecule has 0 aliphatic carbocycles. The van der Waals surface area contributed by atoms with Crippen LogP contribution in [0.25, 0.3) is 0 Å². The van der Waals surface area contributed by atoms with E-state index in [1.807, 2.05) is 6.07 Å². The molecule has 0 amide bonds. The number of halogens is 1. The molecule has 0 radical (unpaired) electrons. The molecule has 2 aromatic rings. The maximum absolute atomic E-state index is 8.82. The van der Waals surface area contributed by atoms with E-state index in [9.17, 15) is 0 Å². The van der Waals surface area contributed by atoms with Crippen LogP contribution in [0.15, 0.2) is 30.3 Å². The molecule has 0 bridgehead atoms. The Bertz CT molecular complexity index is 649. The number of anilines is 1. The second kappa shape index (κ2) is 5.55. The Hall–Kier alpha value is -2.01. The number of nitrogens with zero attached hydrogens (tertiary/aromatic N) is 2. The number of hydrogen-bond acceptors (Lipinski definition) is 4. The first-order chi connectivity index (χ1) is 8.72. The summed E-state index contributed by atoms with van der Waals surface area (Å²) in [5.41, 5.74) is 1.29. The van der Waals surface area contributed by atoms with E-state index >= 15 is 0 Å². The van der Waals surface area contributed by atoms with Crippen LogP contribution in [0.3, 0.4) is 0 Å². The van der Waals surface area contributed by atoms with Crippen molar-refractivity contribution in [3.63, 3.8) is 0 Å². The molecule has 0 saturated heterocycles. The molecule has 2 rings (SSSR count). The van der Waals surface area contributed by atoms with E-state index in [-0.39, 0.29) is 0 Å². The summed E-state index contributed by atoms with van der Waals surface area (Å²) in [6.45, 7) is 0.584. The van der Waals surface area contributed by atoms with Crippen molar-refractivity contribution >= 4 is 28.6 Å². The predicted molar refractivity (Wildman–Crippen MR) is 72.5 cm³/mol. The van der Waals surface area contributed by atoms with Gasteiger partial charge in [-0.15, -0.1) is 11.3 Å². The molecule has 1 N–H and O–H groups in total. The molecule has 1 heterocycles. The molecule has 88 valence electrons. The van der Waals surface area contributed by atoms with Crippen LogP contribution < -0.4 is 5.32 Å². The van der Waals surface area contributed by atoms with Gasteiger partial charge in [0.05, 0.1) is 22.3 Å². The Labute approximate surface area is 114 Å². The first-order valence-corrected chi connectivity index (χ1v) is 6.34. The van der Waals surface area contributed by atoms with Crippen LogP contribution in [0.4, 0.5) is 5.69 Å². The van der Waals surface area contributed by atoms with E-state index in [0.717, 1.165) is 10.6 Å². The van der Waals surface area contributed by atoms with Gasteiger partial charge in [0.15, 0.2) is 0 Å². The zero-order valence-corrected chi connectivity index (χ0v) is 10.8. The van der Waals surface area contributed by atoms with E-state index in [4.69, 9.17) is 22.1 Å². The summed E-state index contributed by atoms with van der Waals surface area (Å²) in [5.74, 6) is 0. The van der Waals surface area contributed by atoms with Gasteiger partial charge in [0.25, 0.3) is 0 Å². The Balaban J connectivity index is 2.11. The molecule has 1 aromatic carbocycles. The molecule has 1 aromatic heterocycles. The molecule has 0 aliphatic rings. The van der Waals surface area contributed by atoms with Crippen LogP contribution in [0, 0.1) is 22.7 Å². The van der Waals surface area contributed by atoms with Crippen molar-refractivity contribution in [2.45, 2.75) is 6.54 Å². The lowest BCUT2D eigenvalue weighted by molar-refractivity contribution is 1.19. The van der Waals surface area contributed by atoms with Crippen LogP contribution in [0.1, 0.15) is 15.3 Å². The molecule has 0 atom stereocenters. The maximum atomic E-state index is 8.82. The Kier molecular flexibility index (Phi) is 3.84.